The van der Waals surface area contributed by atoms with Crippen LogP contribution in [0.5, 0.6) is 5.75 Å². The number of anilines is 3. The van der Waals surface area contributed by atoms with Crippen molar-refractivity contribution in [3.8, 4) is 5.75 Å². The second-order valence-electron chi connectivity index (χ2n) is 6.92. The van der Waals surface area contributed by atoms with Gasteiger partial charge in [0.1, 0.15) is 5.75 Å². The number of amides is 2. The molecule has 0 atom stereocenters. The number of likely N-dealkylation sites (N-methyl/N-ethyl adjacent to an activating group) is 1. The van der Waals surface area contributed by atoms with Crippen LogP contribution < -0.4 is 19.4 Å². The van der Waals surface area contributed by atoms with E-state index in [1.165, 1.54) is 40.5 Å². The van der Waals surface area contributed by atoms with Crippen molar-refractivity contribution >= 4 is 33.3 Å². The molecule has 4 rings (SSSR count). The number of aromatic nitrogens is 2. The molecule has 12 heteroatoms. The van der Waals surface area contributed by atoms with E-state index < -0.39 is 6.36 Å². The van der Waals surface area contributed by atoms with Gasteiger partial charge in [-0.25, -0.2) is 4.79 Å². The number of carbonyl (C=O) groups is 1. The Morgan fingerprint density at radius 2 is 1.60 bits per heavy atom. The minimum Gasteiger partial charge on any atom is -0.406 e. The van der Waals surface area contributed by atoms with Gasteiger partial charge in [0.25, 0.3) is 0 Å². The molecule has 162 valence electrons. The molecule has 2 aliphatic heterocycles. The van der Waals surface area contributed by atoms with Gasteiger partial charge in [0.05, 0.1) is 0 Å². The topological polar surface area (TPSA) is 65.0 Å². The minimum atomic E-state index is -4.75. The molecule has 0 unspecified atom stereocenters. The Balaban J connectivity index is 1.41. The molecule has 30 heavy (non-hydrogen) atoms. The Labute approximate surface area is 175 Å². The molecule has 0 bridgehead atoms. The van der Waals surface area contributed by atoms with Gasteiger partial charge in [-0.3, -0.25) is 9.80 Å². The van der Waals surface area contributed by atoms with Crippen molar-refractivity contribution in [2.45, 2.75) is 13.3 Å². The van der Waals surface area contributed by atoms with Crippen molar-refractivity contribution in [1.82, 2.24) is 15.1 Å². The highest BCUT2D eigenvalue weighted by atomic mass is 32.1. The molecule has 2 saturated heterocycles. The summed E-state index contributed by atoms with van der Waals surface area (Å²) in [5.41, 5.74) is 0.498. The molecule has 1 aromatic carbocycles. The fourth-order valence-corrected chi connectivity index (χ4v) is 4.40. The highest BCUT2D eigenvalue weighted by Gasteiger charge is 2.34. The van der Waals surface area contributed by atoms with Crippen molar-refractivity contribution in [3.63, 3.8) is 0 Å². The first-order valence-corrected chi connectivity index (χ1v) is 10.4. The van der Waals surface area contributed by atoms with Crippen LogP contribution in [0.15, 0.2) is 24.3 Å². The molecular formula is C18H21F3N6O2S. The quantitative estimate of drug-likeness (QED) is 0.709. The third-order valence-electron chi connectivity index (χ3n) is 5.12. The first-order chi connectivity index (χ1) is 14.3. The van der Waals surface area contributed by atoms with Crippen LogP contribution in [0.25, 0.3) is 0 Å². The lowest BCUT2D eigenvalue weighted by molar-refractivity contribution is -0.274. The molecule has 0 radical (unpaired) electrons. The van der Waals surface area contributed by atoms with E-state index in [-0.39, 0.29) is 11.8 Å². The Morgan fingerprint density at radius 1 is 0.967 bits per heavy atom. The summed E-state index contributed by atoms with van der Waals surface area (Å²) in [4.78, 5) is 20.4. The molecule has 2 aromatic rings. The van der Waals surface area contributed by atoms with E-state index >= 15 is 0 Å². The van der Waals surface area contributed by atoms with E-state index in [9.17, 15) is 18.0 Å². The highest BCUT2D eigenvalue weighted by molar-refractivity contribution is 7.19. The molecule has 1 aromatic heterocycles. The Bertz CT molecular complexity index is 883. The number of rotatable bonds is 5. The Kier molecular flexibility index (Phi) is 5.69. The van der Waals surface area contributed by atoms with Crippen LogP contribution >= 0.6 is 11.3 Å². The number of carbonyl (C=O) groups excluding carboxylic acids is 1. The number of piperazine rings is 1. The summed E-state index contributed by atoms with van der Waals surface area (Å²) < 4.78 is 40.8. The predicted octanol–water partition coefficient (Wildman–Crippen LogP) is 3.03. The van der Waals surface area contributed by atoms with Crippen LogP contribution in [0.2, 0.25) is 0 Å². The zero-order valence-corrected chi connectivity index (χ0v) is 17.1. The fraction of sp³-hybridized carbons (Fsp3) is 0.500. The summed E-state index contributed by atoms with van der Waals surface area (Å²) >= 11 is 1.37. The molecule has 2 fully saturated rings. The van der Waals surface area contributed by atoms with Gasteiger partial charge in [-0.2, -0.15) is 0 Å². The van der Waals surface area contributed by atoms with Crippen molar-refractivity contribution in [2.75, 3.05) is 60.5 Å². The lowest BCUT2D eigenvalue weighted by Gasteiger charge is -2.33. The van der Waals surface area contributed by atoms with Gasteiger partial charge in [0, 0.05) is 45.0 Å². The monoisotopic (exact) mass is 442 g/mol. The second-order valence-corrected chi connectivity index (χ2v) is 7.85. The average Bonchev–Trinajstić information content (AvgIpc) is 3.34. The molecule has 3 heterocycles. The van der Waals surface area contributed by atoms with Crippen molar-refractivity contribution in [3.05, 3.63) is 24.3 Å². The Morgan fingerprint density at radius 3 is 2.23 bits per heavy atom. The number of hydrogen-bond donors (Lipinski definition) is 0. The maximum Gasteiger partial charge on any atom is 0.573 e. The van der Waals surface area contributed by atoms with Crippen molar-refractivity contribution in [2.24, 2.45) is 0 Å². The van der Waals surface area contributed by atoms with Crippen LogP contribution in [0.1, 0.15) is 6.92 Å². The number of benzene rings is 1. The number of hydrogen-bond acceptors (Lipinski definition) is 7. The third kappa shape index (κ3) is 4.43. The summed E-state index contributed by atoms with van der Waals surface area (Å²) in [5, 5.41) is 9.76. The van der Waals surface area contributed by atoms with Gasteiger partial charge in [-0.05, 0) is 30.8 Å². The zero-order chi connectivity index (χ0) is 21.3. The average molecular weight is 442 g/mol. The maximum absolute atomic E-state index is 12.8. The fourth-order valence-electron chi connectivity index (χ4n) is 3.48. The van der Waals surface area contributed by atoms with Crippen LogP contribution in [-0.2, 0) is 0 Å². The standard InChI is InChI=1S/C18H21F3N6O2S/c1-2-24-7-9-25(10-8-24)15-22-23-16(30-15)27-12-11-26(17(27)28)13-3-5-14(6-4-13)29-18(19,20)21/h3-6H,2,7-12H2,1H3. The molecule has 8 nitrogen and oxygen atoms in total. The van der Waals surface area contributed by atoms with Gasteiger partial charge in [-0.15, -0.1) is 23.4 Å². The smallest absolute Gasteiger partial charge is 0.406 e. The van der Waals surface area contributed by atoms with Crippen LogP contribution in [0.3, 0.4) is 0 Å². The first-order valence-electron chi connectivity index (χ1n) is 9.59. The SMILES string of the molecule is CCN1CCN(c2nnc(N3CCN(c4ccc(OC(F)(F)F)cc4)C3=O)s2)CC1. The van der Waals surface area contributed by atoms with E-state index in [1.54, 1.807) is 4.90 Å². The lowest BCUT2D eigenvalue weighted by Crippen LogP contribution is -2.46. The largest absolute Gasteiger partial charge is 0.573 e. The van der Waals surface area contributed by atoms with Crippen LogP contribution in [-0.4, -0.2) is 73.3 Å². The highest BCUT2D eigenvalue weighted by Crippen LogP contribution is 2.32. The molecular weight excluding hydrogens is 421 g/mol. The number of urea groups is 1. The van der Waals surface area contributed by atoms with Crippen LogP contribution in [0.4, 0.5) is 33.9 Å². The van der Waals surface area contributed by atoms with Crippen LogP contribution in [0, 0.1) is 0 Å². The zero-order valence-electron chi connectivity index (χ0n) is 16.3. The number of ether oxygens (including phenoxy) is 1. The molecule has 0 saturated carbocycles. The first kappa shape index (κ1) is 20.7. The summed E-state index contributed by atoms with van der Waals surface area (Å²) in [7, 11) is 0. The van der Waals surface area contributed by atoms with E-state index in [2.05, 4.69) is 31.7 Å². The summed E-state index contributed by atoms with van der Waals surface area (Å²) in [6.45, 7) is 7.67. The molecule has 0 spiro atoms. The van der Waals surface area contributed by atoms with E-state index in [1.807, 2.05) is 0 Å². The summed E-state index contributed by atoms with van der Waals surface area (Å²) in [5.74, 6) is -0.327. The van der Waals surface area contributed by atoms with Gasteiger partial charge in [0.2, 0.25) is 10.3 Å². The molecule has 0 aliphatic carbocycles. The number of halogens is 3. The van der Waals surface area contributed by atoms with E-state index in [0.717, 1.165) is 37.9 Å². The lowest BCUT2D eigenvalue weighted by atomic mass is 10.3. The van der Waals surface area contributed by atoms with E-state index in [0.29, 0.717) is 23.9 Å². The van der Waals surface area contributed by atoms with E-state index in [4.69, 9.17) is 0 Å². The predicted molar refractivity (Wildman–Crippen MR) is 107 cm³/mol. The Hall–Kier alpha value is -2.60. The normalized spacial score (nSPS) is 18.4. The summed E-state index contributed by atoms with van der Waals surface area (Å²) in [6, 6.07) is 4.97. The number of nitrogens with zero attached hydrogens (tertiary/aromatic N) is 6. The number of alkyl halides is 3. The maximum atomic E-state index is 12.8. The van der Waals surface area contributed by atoms with Crippen molar-refractivity contribution in [1.29, 1.82) is 0 Å². The second kappa shape index (κ2) is 8.26. The minimum absolute atomic E-state index is 0.280. The van der Waals surface area contributed by atoms with Gasteiger partial charge < -0.3 is 14.5 Å². The molecule has 0 N–H and O–H groups in total. The molecule has 2 aliphatic rings. The van der Waals surface area contributed by atoms with Gasteiger partial charge in [0.15, 0.2) is 0 Å². The van der Waals surface area contributed by atoms with Gasteiger partial charge in [-0.1, -0.05) is 18.3 Å². The molecule has 2 amide bonds. The van der Waals surface area contributed by atoms with Gasteiger partial charge >= 0.3 is 12.4 Å². The van der Waals surface area contributed by atoms with Crippen molar-refractivity contribution < 1.29 is 22.7 Å². The summed E-state index contributed by atoms with van der Waals surface area (Å²) in [6.07, 6.45) is -4.75. The third-order valence-corrected chi connectivity index (χ3v) is 6.12.